The Hall–Kier alpha value is -4.76. The van der Waals surface area contributed by atoms with Crippen LogP contribution in [0, 0.1) is 0 Å². The predicted octanol–water partition coefficient (Wildman–Crippen LogP) is 9.31. The smallest absolute Gasteiger partial charge is 0.135 e. The second-order valence-electron chi connectivity index (χ2n) is 8.41. The van der Waals surface area contributed by atoms with Gasteiger partial charge >= 0.3 is 0 Å². The predicted molar refractivity (Wildman–Crippen MR) is 146 cm³/mol. The molecule has 6 aromatic rings. The molecule has 168 valence electrons. The summed E-state index contributed by atoms with van der Waals surface area (Å²) in [6.07, 6.45) is 0. The highest BCUT2D eigenvalue weighted by Gasteiger charge is 2.12. The molecule has 0 saturated carbocycles. The molecule has 1 heterocycles. The third-order valence-electron chi connectivity index (χ3n) is 6.02. The fraction of sp³-hybridized carbons (Fsp3) is 0. The van der Waals surface area contributed by atoms with Gasteiger partial charge in [0.1, 0.15) is 11.3 Å². The molecule has 0 aliphatic rings. The zero-order valence-corrected chi connectivity index (χ0v) is 19.1. The minimum atomic E-state index is 0.876. The summed E-state index contributed by atoms with van der Waals surface area (Å²) in [4.78, 5) is 2.26. The first kappa shape index (κ1) is 20.8. The number of rotatable bonds is 6. The van der Waals surface area contributed by atoms with Gasteiger partial charge in [-0.1, -0.05) is 60.7 Å². The molecule has 0 fully saturated rings. The van der Waals surface area contributed by atoms with Crippen LogP contribution in [0.15, 0.2) is 144 Å². The number of hydrogen-bond acceptors (Lipinski definition) is 3. The van der Waals surface area contributed by atoms with E-state index in [0.29, 0.717) is 0 Å². The van der Waals surface area contributed by atoms with E-state index in [0.717, 1.165) is 50.7 Å². The molecule has 0 atom stereocenters. The molecule has 0 radical (unpaired) electrons. The van der Waals surface area contributed by atoms with Crippen LogP contribution in [-0.2, 0) is 0 Å². The summed E-state index contributed by atoms with van der Waals surface area (Å²) in [6.45, 7) is 0. The van der Waals surface area contributed by atoms with E-state index in [1.807, 2.05) is 30.3 Å². The van der Waals surface area contributed by atoms with Crippen molar-refractivity contribution in [2.75, 3.05) is 10.2 Å². The van der Waals surface area contributed by atoms with E-state index >= 15 is 0 Å². The molecule has 0 saturated heterocycles. The van der Waals surface area contributed by atoms with Crippen molar-refractivity contribution in [1.29, 1.82) is 0 Å². The van der Waals surface area contributed by atoms with Crippen molar-refractivity contribution in [3.05, 3.63) is 140 Å². The lowest BCUT2D eigenvalue weighted by Gasteiger charge is -2.26. The molecular weight excluding hydrogens is 428 g/mol. The van der Waals surface area contributed by atoms with Crippen LogP contribution in [-0.4, -0.2) is 0 Å². The van der Waals surface area contributed by atoms with Crippen LogP contribution in [0.25, 0.3) is 22.3 Å². The normalized spacial score (nSPS) is 10.9. The lowest BCUT2D eigenvalue weighted by molar-refractivity contribution is 0.631. The molecule has 6 rings (SSSR count). The fourth-order valence-corrected chi connectivity index (χ4v) is 4.33. The molecule has 0 amide bonds. The maximum atomic E-state index is 6.01. The Kier molecular flexibility index (Phi) is 5.50. The monoisotopic (exact) mass is 452 g/mol. The first-order valence-electron chi connectivity index (χ1n) is 11.7. The third-order valence-corrected chi connectivity index (χ3v) is 6.02. The summed E-state index contributed by atoms with van der Waals surface area (Å²) in [5, 5.41) is 4.66. The lowest BCUT2D eigenvalue weighted by Crippen LogP contribution is -2.09. The van der Waals surface area contributed by atoms with Crippen molar-refractivity contribution in [2.45, 2.75) is 0 Å². The van der Waals surface area contributed by atoms with Crippen molar-refractivity contribution in [3.63, 3.8) is 0 Å². The van der Waals surface area contributed by atoms with E-state index in [2.05, 4.69) is 119 Å². The average molecular weight is 453 g/mol. The van der Waals surface area contributed by atoms with E-state index in [4.69, 9.17) is 4.42 Å². The number of nitrogens with zero attached hydrogens (tertiary/aromatic N) is 1. The molecular formula is C32H24N2O. The van der Waals surface area contributed by atoms with Crippen LogP contribution in [0.2, 0.25) is 0 Å². The Labute approximate surface area is 204 Å². The zero-order chi connectivity index (χ0) is 23.5. The number of benzene rings is 5. The maximum Gasteiger partial charge on any atom is 0.135 e. The topological polar surface area (TPSA) is 28.4 Å². The van der Waals surface area contributed by atoms with Crippen molar-refractivity contribution < 1.29 is 4.42 Å². The quantitative estimate of drug-likeness (QED) is 0.273. The molecule has 0 aliphatic heterocycles. The number of hydrogen-bond donors (Lipinski definition) is 1. The Morgan fingerprint density at radius 3 is 1.80 bits per heavy atom. The molecule has 1 aromatic heterocycles. The number of fused-ring (bicyclic) bond motifs is 1. The average Bonchev–Trinajstić information content (AvgIpc) is 3.35. The second kappa shape index (κ2) is 9.24. The van der Waals surface area contributed by atoms with Gasteiger partial charge in [-0.05, 0) is 78.9 Å². The Bertz CT molecular complexity index is 1480. The minimum absolute atomic E-state index is 0.876. The van der Waals surface area contributed by atoms with E-state index < -0.39 is 0 Å². The molecule has 35 heavy (non-hydrogen) atoms. The Morgan fingerprint density at radius 2 is 1.11 bits per heavy atom. The second-order valence-corrected chi connectivity index (χ2v) is 8.41. The standard InChI is InChI=1S/C32H24N2O/c1-3-12-28(13-4-1)34(29-14-5-2-6-15-29)30-16-9-11-27(23-30)33-26-20-18-24(19-21-26)32-22-25-10-7-8-17-31(25)35-32/h1-23,33H. The van der Waals surface area contributed by atoms with E-state index in [1.165, 1.54) is 0 Å². The molecule has 0 unspecified atom stereocenters. The van der Waals surface area contributed by atoms with E-state index in [9.17, 15) is 0 Å². The Morgan fingerprint density at radius 1 is 0.486 bits per heavy atom. The van der Waals surface area contributed by atoms with Crippen LogP contribution >= 0.6 is 0 Å². The largest absolute Gasteiger partial charge is 0.456 e. The van der Waals surface area contributed by atoms with Crippen molar-refractivity contribution in [2.24, 2.45) is 0 Å². The van der Waals surface area contributed by atoms with Gasteiger partial charge in [0.2, 0.25) is 0 Å². The highest BCUT2D eigenvalue weighted by atomic mass is 16.3. The Balaban J connectivity index is 1.27. The van der Waals surface area contributed by atoms with Gasteiger partial charge in [0, 0.05) is 39.4 Å². The molecule has 5 aromatic carbocycles. The number of anilines is 5. The SMILES string of the molecule is c1ccc(N(c2ccccc2)c2cccc(Nc3ccc(-c4cc5ccccc5o4)cc3)c2)cc1. The number of nitrogens with one attached hydrogen (secondary N) is 1. The van der Waals surface area contributed by atoms with Crippen LogP contribution in [0.5, 0.6) is 0 Å². The number of furan rings is 1. The molecule has 0 spiro atoms. The van der Waals surface area contributed by atoms with Gasteiger partial charge in [0.05, 0.1) is 0 Å². The first-order valence-corrected chi connectivity index (χ1v) is 11.7. The van der Waals surface area contributed by atoms with Crippen LogP contribution in [0.3, 0.4) is 0 Å². The van der Waals surface area contributed by atoms with Gasteiger partial charge in [-0.2, -0.15) is 0 Å². The van der Waals surface area contributed by atoms with Crippen molar-refractivity contribution in [1.82, 2.24) is 0 Å². The number of para-hydroxylation sites is 3. The highest BCUT2D eigenvalue weighted by Crippen LogP contribution is 2.36. The summed E-state index contributed by atoms with van der Waals surface area (Å²) in [5.41, 5.74) is 7.33. The van der Waals surface area contributed by atoms with Crippen molar-refractivity contribution >= 4 is 39.4 Å². The van der Waals surface area contributed by atoms with Gasteiger partial charge in [-0.3, -0.25) is 0 Å². The molecule has 0 aliphatic carbocycles. The summed E-state index contributed by atoms with van der Waals surface area (Å²) < 4.78 is 6.01. The van der Waals surface area contributed by atoms with Crippen LogP contribution < -0.4 is 10.2 Å². The summed E-state index contributed by atoms with van der Waals surface area (Å²) in [6, 6.07) is 47.9. The molecule has 1 N–H and O–H groups in total. The van der Waals surface area contributed by atoms with Gasteiger partial charge in [-0.15, -0.1) is 0 Å². The maximum absolute atomic E-state index is 6.01. The highest BCUT2D eigenvalue weighted by molar-refractivity contribution is 5.83. The fourth-order valence-electron chi connectivity index (χ4n) is 4.33. The van der Waals surface area contributed by atoms with Crippen LogP contribution in [0.4, 0.5) is 28.4 Å². The van der Waals surface area contributed by atoms with Gasteiger partial charge < -0.3 is 14.6 Å². The molecule has 3 nitrogen and oxygen atoms in total. The van der Waals surface area contributed by atoms with Gasteiger partial charge in [0.25, 0.3) is 0 Å². The zero-order valence-electron chi connectivity index (χ0n) is 19.1. The lowest BCUT2D eigenvalue weighted by atomic mass is 10.1. The van der Waals surface area contributed by atoms with Crippen LogP contribution in [0.1, 0.15) is 0 Å². The van der Waals surface area contributed by atoms with Gasteiger partial charge in [0.15, 0.2) is 0 Å². The summed E-state index contributed by atoms with van der Waals surface area (Å²) in [5.74, 6) is 0.876. The first-order chi connectivity index (χ1) is 17.3. The minimum Gasteiger partial charge on any atom is -0.456 e. The van der Waals surface area contributed by atoms with E-state index in [1.54, 1.807) is 0 Å². The molecule has 0 bridgehead atoms. The summed E-state index contributed by atoms with van der Waals surface area (Å²) >= 11 is 0. The van der Waals surface area contributed by atoms with Gasteiger partial charge in [-0.25, -0.2) is 0 Å². The van der Waals surface area contributed by atoms with Crippen molar-refractivity contribution in [3.8, 4) is 11.3 Å². The summed E-state index contributed by atoms with van der Waals surface area (Å²) in [7, 11) is 0. The van der Waals surface area contributed by atoms with E-state index in [-0.39, 0.29) is 0 Å². The third kappa shape index (κ3) is 4.40. The molecule has 3 heteroatoms.